The van der Waals surface area contributed by atoms with E-state index in [-0.39, 0.29) is 24.0 Å². The molecule has 0 radical (unpaired) electrons. The number of aliphatic hydroxyl groups excluding tert-OH is 1. The summed E-state index contributed by atoms with van der Waals surface area (Å²) in [4.78, 5) is 26.3. The second kappa shape index (κ2) is 10.5. The molecule has 0 spiro atoms. The molecule has 35 heavy (non-hydrogen) atoms. The second-order valence-electron chi connectivity index (χ2n) is 8.87. The van der Waals surface area contributed by atoms with Gasteiger partial charge in [-0.25, -0.2) is 4.39 Å². The molecule has 7 nitrogen and oxygen atoms in total. The number of nitrogens with two attached hydrogens (primary N) is 1. The van der Waals surface area contributed by atoms with Crippen molar-refractivity contribution in [3.63, 3.8) is 0 Å². The molecule has 2 atom stereocenters. The van der Waals surface area contributed by atoms with E-state index in [1.807, 2.05) is 6.08 Å². The van der Waals surface area contributed by atoms with Gasteiger partial charge in [-0.15, -0.1) is 0 Å². The zero-order valence-corrected chi connectivity index (χ0v) is 20.1. The average molecular weight is 499 g/mol. The van der Waals surface area contributed by atoms with Crippen molar-refractivity contribution in [1.29, 1.82) is 0 Å². The molecule has 2 aliphatic rings. The highest BCUT2D eigenvalue weighted by molar-refractivity contribution is 6.30. The van der Waals surface area contributed by atoms with Crippen LogP contribution in [0, 0.1) is 11.7 Å². The normalized spacial score (nSPS) is 19.2. The molecule has 2 aliphatic heterocycles. The molecule has 0 aromatic heterocycles. The standard InChI is InChI=1S/C26H28ClFN4O3/c1-32-13-17(6-8-24(32)34)18-10-21(25(29)30-12-18)15-5-7-20(22(28)11-15)26(35)31-23(14-33)16-3-2-4-19(27)9-16/h2-5,7,9-11,17,23,30,33H,6,8,12-14,29H2,1H3,(H,31,35)/t17-,23+/m0/s1. The van der Waals surface area contributed by atoms with E-state index in [2.05, 4.69) is 10.6 Å². The summed E-state index contributed by atoms with van der Waals surface area (Å²) in [6, 6.07) is 10.4. The Labute approximate surface area is 208 Å². The zero-order valence-electron chi connectivity index (χ0n) is 19.4. The molecule has 2 heterocycles. The number of piperidine rings is 1. The molecule has 0 unspecified atom stereocenters. The largest absolute Gasteiger partial charge is 0.394 e. The van der Waals surface area contributed by atoms with Crippen LogP contribution >= 0.6 is 11.6 Å². The van der Waals surface area contributed by atoms with Crippen molar-refractivity contribution in [2.45, 2.75) is 18.9 Å². The molecule has 2 aromatic carbocycles. The summed E-state index contributed by atoms with van der Waals surface area (Å²) >= 11 is 6.01. The van der Waals surface area contributed by atoms with Gasteiger partial charge in [-0.1, -0.05) is 29.8 Å². The Morgan fingerprint density at radius 2 is 2.14 bits per heavy atom. The highest BCUT2D eigenvalue weighted by Gasteiger charge is 2.27. The van der Waals surface area contributed by atoms with Crippen LogP contribution in [0.3, 0.4) is 0 Å². The van der Waals surface area contributed by atoms with E-state index in [1.54, 1.807) is 42.3 Å². The topological polar surface area (TPSA) is 108 Å². The molecule has 0 saturated carbocycles. The minimum Gasteiger partial charge on any atom is -0.394 e. The summed E-state index contributed by atoms with van der Waals surface area (Å²) < 4.78 is 15.1. The van der Waals surface area contributed by atoms with E-state index in [1.165, 1.54) is 12.1 Å². The first-order valence-electron chi connectivity index (χ1n) is 11.4. The van der Waals surface area contributed by atoms with Crippen molar-refractivity contribution < 1.29 is 19.1 Å². The van der Waals surface area contributed by atoms with E-state index in [9.17, 15) is 14.7 Å². The fourth-order valence-electron chi connectivity index (χ4n) is 4.48. The predicted molar refractivity (Wildman–Crippen MR) is 133 cm³/mol. The molecule has 0 aliphatic carbocycles. The fraction of sp³-hybridized carbons (Fsp3) is 0.308. The number of benzene rings is 2. The first kappa shape index (κ1) is 24.8. The van der Waals surface area contributed by atoms with Crippen molar-refractivity contribution >= 4 is 29.0 Å². The van der Waals surface area contributed by atoms with Crippen LogP contribution in [0.4, 0.5) is 4.39 Å². The number of nitrogens with zero attached hydrogens (tertiary/aromatic N) is 1. The average Bonchev–Trinajstić information content (AvgIpc) is 2.84. The van der Waals surface area contributed by atoms with Crippen molar-refractivity contribution in [3.8, 4) is 0 Å². The molecular weight excluding hydrogens is 471 g/mol. The Morgan fingerprint density at radius 1 is 1.34 bits per heavy atom. The van der Waals surface area contributed by atoms with Gasteiger partial charge in [-0.05, 0) is 59.4 Å². The molecule has 9 heteroatoms. The van der Waals surface area contributed by atoms with Crippen molar-refractivity contribution in [1.82, 2.24) is 15.5 Å². The molecule has 2 amide bonds. The van der Waals surface area contributed by atoms with E-state index < -0.39 is 17.8 Å². The zero-order chi connectivity index (χ0) is 25.1. The number of hydrogen-bond acceptors (Lipinski definition) is 5. The molecule has 1 fully saturated rings. The smallest absolute Gasteiger partial charge is 0.254 e. The quantitative estimate of drug-likeness (QED) is 0.490. The van der Waals surface area contributed by atoms with Gasteiger partial charge in [0, 0.05) is 37.2 Å². The number of dihydropyridines is 1. The maximum atomic E-state index is 15.1. The minimum absolute atomic E-state index is 0.135. The molecule has 0 bridgehead atoms. The van der Waals surface area contributed by atoms with Crippen molar-refractivity contribution in [3.05, 3.63) is 87.5 Å². The summed E-state index contributed by atoms with van der Waals surface area (Å²) in [5, 5.41) is 16.0. The van der Waals surface area contributed by atoms with E-state index in [0.29, 0.717) is 47.1 Å². The van der Waals surface area contributed by atoms with Crippen LogP contribution in [-0.4, -0.2) is 48.6 Å². The Bertz CT molecular complexity index is 1210. The monoisotopic (exact) mass is 498 g/mol. The molecule has 4 rings (SSSR count). The highest BCUT2D eigenvalue weighted by Crippen LogP contribution is 2.30. The van der Waals surface area contributed by atoms with Crippen LogP contribution in [0.5, 0.6) is 0 Å². The number of carbonyl (C=O) groups excluding carboxylic acids is 2. The number of allylic oxidation sites excluding steroid dienone is 2. The summed E-state index contributed by atoms with van der Waals surface area (Å²) in [5.74, 6) is -0.595. The lowest BCUT2D eigenvalue weighted by Gasteiger charge is -2.33. The summed E-state index contributed by atoms with van der Waals surface area (Å²) in [5.41, 5.74) is 8.93. The van der Waals surface area contributed by atoms with Gasteiger partial charge in [0.25, 0.3) is 5.91 Å². The lowest BCUT2D eigenvalue weighted by atomic mass is 9.86. The first-order valence-corrected chi connectivity index (χ1v) is 11.8. The van der Waals surface area contributed by atoms with Crippen LogP contribution in [0.1, 0.15) is 40.4 Å². The van der Waals surface area contributed by atoms with Gasteiger partial charge in [0.1, 0.15) is 11.6 Å². The fourth-order valence-corrected chi connectivity index (χ4v) is 4.68. The highest BCUT2D eigenvalue weighted by atomic mass is 35.5. The third kappa shape index (κ3) is 5.49. The number of nitrogens with one attached hydrogen (secondary N) is 2. The maximum absolute atomic E-state index is 15.1. The van der Waals surface area contributed by atoms with E-state index >= 15 is 4.39 Å². The maximum Gasteiger partial charge on any atom is 0.254 e. The summed E-state index contributed by atoms with van der Waals surface area (Å²) in [6.45, 7) is 0.832. The van der Waals surface area contributed by atoms with E-state index in [4.69, 9.17) is 17.3 Å². The molecule has 184 valence electrons. The van der Waals surface area contributed by atoms with Crippen molar-refractivity contribution in [2.24, 2.45) is 11.7 Å². The van der Waals surface area contributed by atoms with Crippen LogP contribution in [-0.2, 0) is 4.79 Å². The van der Waals surface area contributed by atoms with Gasteiger partial charge in [0.05, 0.1) is 18.2 Å². The van der Waals surface area contributed by atoms with Gasteiger partial charge in [-0.2, -0.15) is 0 Å². The Morgan fingerprint density at radius 3 is 2.83 bits per heavy atom. The van der Waals surface area contributed by atoms with Crippen LogP contribution in [0.15, 0.2) is 59.9 Å². The third-order valence-corrected chi connectivity index (χ3v) is 6.75. The number of amides is 2. The first-order chi connectivity index (χ1) is 16.8. The lowest BCUT2D eigenvalue weighted by molar-refractivity contribution is -0.132. The van der Waals surface area contributed by atoms with Crippen LogP contribution in [0.2, 0.25) is 5.02 Å². The Hall–Kier alpha value is -3.36. The molecule has 2 aromatic rings. The Balaban J connectivity index is 1.53. The van der Waals surface area contributed by atoms with Gasteiger partial charge in [0.15, 0.2) is 0 Å². The van der Waals surface area contributed by atoms with Crippen LogP contribution < -0.4 is 16.4 Å². The van der Waals surface area contributed by atoms with Gasteiger partial charge < -0.3 is 26.4 Å². The number of hydrogen-bond donors (Lipinski definition) is 4. The lowest BCUT2D eigenvalue weighted by Crippen LogP contribution is -2.40. The molecular formula is C26H28ClFN4O3. The van der Waals surface area contributed by atoms with Gasteiger partial charge in [0.2, 0.25) is 5.91 Å². The van der Waals surface area contributed by atoms with Crippen molar-refractivity contribution in [2.75, 3.05) is 26.7 Å². The van der Waals surface area contributed by atoms with Gasteiger partial charge in [-0.3, -0.25) is 9.59 Å². The van der Waals surface area contributed by atoms with Crippen LogP contribution in [0.25, 0.3) is 5.57 Å². The Kier molecular flexibility index (Phi) is 7.42. The number of rotatable bonds is 6. The number of carbonyl (C=O) groups is 2. The third-order valence-electron chi connectivity index (χ3n) is 6.52. The number of likely N-dealkylation sites (tertiary alicyclic amines) is 1. The minimum atomic E-state index is -0.729. The number of halogens is 2. The summed E-state index contributed by atoms with van der Waals surface area (Å²) in [6.07, 6.45) is 3.21. The SMILES string of the molecule is CN1C[C@@H](C2=CC(c3ccc(C(=O)N[C@H](CO)c4cccc(Cl)c4)c(F)c3)=C(N)NC2)CCC1=O. The molecule has 5 N–H and O–H groups in total. The summed E-state index contributed by atoms with van der Waals surface area (Å²) in [7, 11) is 1.79. The number of aliphatic hydroxyl groups is 1. The van der Waals surface area contributed by atoms with E-state index in [0.717, 1.165) is 12.0 Å². The second-order valence-corrected chi connectivity index (χ2v) is 9.30. The predicted octanol–water partition coefficient (Wildman–Crippen LogP) is 2.97. The van der Waals surface area contributed by atoms with Gasteiger partial charge >= 0.3 is 0 Å². The molecule has 1 saturated heterocycles.